The zero-order chi connectivity index (χ0) is 18.2. The molecule has 6 heteroatoms. The molecule has 0 aliphatic carbocycles. The van der Waals surface area contributed by atoms with Gasteiger partial charge in [0.05, 0.1) is 6.61 Å². The van der Waals surface area contributed by atoms with Crippen LogP contribution < -0.4 is 10.6 Å². The predicted molar refractivity (Wildman–Crippen MR) is 107 cm³/mol. The van der Waals surface area contributed by atoms with E-state index in [1.54, 1.807) is 18.4 Å². The van der Waals surface area contributed by atoms with Crippen molar-refractivity contribution in [3.05, 3.63) is 52.7 Å². The maximum absolute atomic E-state index is 13.0. The number of ether oxygens (including phenoxy) is 1. The van der Waals surface area contributed by atoms with Gasteiger partial charge in [0.15, 0.2) is 0 Å². The van der Waals surface area contributed by atoms with Crippen LogP contribution in [0, 0.1) is 0 Å². The van der Waals surface area contributed by atoms with Gasteiger partial charge in [-0.05, 0) is 36.4 Å². The zero-order valence-corrected chi connectivity index (χ0v) is 16.1. The first kappa shape index (κ1) is 18.9. The van der Waals surface area contributed by atoms with Crippen LogP contribution in [-0.2, 0) is 16.1 Å². The number of carbonyl (C=O) groups excluding carboxylic acids is 1. The van der Waals surface area contributed by atoms with Crippen molar-refractivity contribution in [2.24, 2.45) is 0 Å². The largest absolute Gasteiger partial charge is 0.383 e. The fraction of sp³-hybridized carbons (Fsp3) is 0.450. The number of anilines is 1. The third-order valence-corrected chi connectivity index (χ3v) is 5.71. The summed E-state index contributed by atoms with van der Waals surface area (Å²) in [7, 11) is 1.65. The van der Waals surface area contributed by atoms with Gasteiger partial charge in [0, 0.05) is 43.9 Å². The molecule has 1 fully saturated rings. The molecule has 3 rings (SSSR count). The van der Waals surface area contributed by atoms with Crippen molar-refractivity contribution in [1.82, 2.24) is 10.2 Å². The Hall–Kier alpha value is -1.89. The van der Waals surface area contributed by atoms with E-state index in [2.05, 4.69) is 33.0 Å². The first-order valence-corrected chi connectivity index (χ1v) is 9.95. The Balaban J connectivity index is 1.67. The highest BCUT2D eigenvalue weighted by Crippen LogP contribution is 2.28. The molecule has 1 saturated heterocycles. The lowest BCUT2D eigenvalue weighted by Gasteiger charge is -2.41. The number of benzene rings is 1. The van der Waals surface area contributed by atoms with Gasteiger partial charge in [0.1, 0.15) is 5.54 Å². The molecule has 5 nitrogen and oxygen atoms in total. The van der Waals surface area contributed by atoms with Crippen molar-refractivity contribution in [3.8, 4) is 0 Å². The molecule has 0 radical (unpaired) electrons. The molecule has 1 aliphatic heterocycles. The average molecular weight is 374 g/mol. The van der Waals surface area contributed by atoms with Crippen LogP contribution >= 0.6 is 11.3 Å². The van der Waals surface area contributed by atoms with Gasteiger partial charge in [-0.1, -0.05) is 24.3 Å². The minimum atomic E-state index is -0.568. The highest BCUT2D eigenvalue weighted by molar-refractivity contribution is 7.09. The standard InChI is InChI=1S/C20H27N3O2S/c1-25-14-11-21-19(24)20(22-17-6-3-2-4-7-17)9-12-23(13-10-20)16-18-8-5-15-26-18/h2-8,15,22H,9-14,16H2,1H3,(H,21,24). The van der Waals surface area contributed by atoms with Gasteiger partial charge in [-0.25, -0.2) is 0 Å². The van der Waals surface area contributed by atoms with Crippen LogP contribution in [0.2, 0.25) is 0 Å². The molecule has 2 N–H and O–H groups in total. The molecule has 26 heavy (non-hydrogen) atoms. The van der Waals surface area contributed by atoms with Gasteiger partial charge in [-0.15, -0.1) is 11.3 Å². The number of carbonyl (C=O) groups is 1. The maximum Gasteiger partial charge on any atom is 0.245 e. The van der Waals surface area contributed by atoms with Gasteiger partial charge < -0.3 is 15.4 Å². The zero-order valence-electron chi connectivity index (χ0n) is 15.2. The van der Waals surface area contributed by atoms with Gasteiger partial charge in [-0.2, -0.15) is 0 Å². The van der Waals surface area contributed by atoms with E-state index >= 15 is 0 Å². The molecule has 1 aliphatic rings. The first-order valence-electron chi connectivity index (χ1n) is 9.07. The average Bonchev–Trinajstić information content (AvgIpc) is 3.17. The Bertz CT molecular complexity index is 668. The molecule has 140 valence electrons. The number of methoxy groups -OCH3 is 1. The summed E-state index contributed by atoms with van der Waals surface area (Å²) in [5, 5.41) is 8.67. The summed E-state index contributed by atoms with van der Waals surface area (Å²) in [5.74, 6) is 0.0641. The molecule has 1 aromatic carbocycles. The summed E-state index contributed by atoms with van der Waals surface area (Å²) in [6.45, 7) is 3.82. The van der Waals surface area contributed by atoms with E-state index in [0.717, 1.165) is 38.2 Å². The summed E-state index contributed by atoms with van der Waals surface area (Å²) >= 11 is 1.79. The Morgan fingerprint density at radius 2 is 1.96 bits per heavy atom. The molecular formula is C20H27N3O2S. The number of thiophene rings is 1. The van der Waals surface area contributed by atoms with Crippen LogP contribution in [0.15, 0.2) is 47.8 Å². The Kier molecular flexibility index (Phi) is 6.66. The molecule has 2 aromatic rings. The third kappa shape index (κ3) is 4.84. The van der Waals surface area contributed by atoms with E-state index in [9.17, 15) is 4.79 Å². The number of amides is 1. The van der Waals surface area contributed by atoms with Gasteiger partial charge >= 0.3 is 0 Å². The van der Waals surface area contributed by atoms with Crippen molar-refractivity contribution >= 4 is 22.9 Å². The van der Waals surface area contributed by atoms with Crippen molar-refractivity contribution < 1.29 is 9.53 Å². The number of hydrogen-bond acceptors (Lipinski definition) is 5. The molecular weight excluding hydrogens is 346 g/mol. The number of nitrogens with zero attached hydrogens (tertiary/aromatic N) is 1. The summed E-state index contributed by atoms with van der Waals surface area (Å²) in [5.41, 5.74) is 0.419. The van der Waals surface area contributed by atoms with Crippen LogP contribution in [0.25, 0.3) is 0 Å². The van der Waals surface area contributed by atoms with E-state index in [4.69, 9.17) is 4.74 Å². The quantitative estimate of drug-likeness (QED) is 0.699. The van der Waals surface area contributed by atoms with Crippen molar-refractivity contribution in [1.29, 1.82) is 0 Å². The van der Waals surface area contributed by atoms with Crippen molar-refractivity contribution in [3.63, 3.8) is 0 Å². The molecule has 0 bridgehead atoms. The van der Waals surface area contributed by atoms with E-state index in [1.807, 2.05) is 30.3 Å². The SMILES string of the molecule is COCCNC(=O)C1(Nc2ccccc2)CCN(Cc2cccs2)CC1. The van der Waals surface area contributed by atoms with Gasteiger partial charge in [0.25, 0.3) is 0 Å². The lowest BCUT2D eigenvalue weighted by Crippen LogP contribution is -2.58. The minimum Gasteiger partial charge on any atom is -0.383 e. The topological polar surface area (TPSA) is 53.6 Å². The molecule has 1 amide bonds. The lowest BCUT2D eigenvalue weighted by atomic mass is 9.85. The lowest BCUT2D eigenvalue weighted by molar-refractivity contribution is -0.127. The summed E-state index contributed by atoms with van der Waals surface area (Å²) in [6.07, 6.45) is 1.57. The fourth-order valence-corrected chi connectivity index (χ4v) is 4.10. The third-order valence-electron chi connectivity index (χ3n) is 4.85. The maximum atomic E-state index is 13.0. The number of para-hydroxylation sites is 1. The number of hydrogen-bond donors (Lipinski definition) is 2. The van der Waals surface area contributed by atoms with Crippen LogP contribution in [0.3, 0.4) is 0 Å². The van der Waals surface area contributed by atoms with E-state index in [1.165, 1.54) is 4.88 Å². The van der Waals surface area contributed by atoms with E-state index in [0.29, 0.717) is 13.2 Å². The normalized spacial score (nSPS) is 17.0. The molecule has 2 heterocycles. The number of piperidine rings is 1. The first-order chi connectivity index (χ1) is 12.7. The second-order valence-electron chi connectivity index (χ2n) is 6.68. The minimum absolute atomic E-state index is 0.0641. The molecule has 0 saturated carbocycles. The van der Waals surface area contributed by atoms with Crippen LogP contribution in [0.4, 0.5) is 5.69 Å². The van der Waals surface area contributed by atoms with Crippen molar-refractivity contribution in [2.45, 2.75) is 24.9 Å². The fourth-order valence-electron chi connectivity index (χ4n) is 3.36. The monoisotopic (exact) mass is 373 g/mol. The Morgan fingerprint density at radius 1 is 1.19 bits per heavy atom. The number of likely N-dealkylation sites (tertiary alicyclic amines) is 1. The number of nitrogens with one attached hydrogen (secondary N) is 2. The van der Waals surface area contributed by atoms with Gasteiger partial charge in [-0.3, -0.25) is 9.69 Å². The van der Waals surface area contributed by atoms with Crippen LogP contribution in [0.5, 0.6) is 0 Å². The molecule has 0 unspecified atom stereocenters. The van der Waals surface area contributed by atoms with E-state index in [-0.39, 0.29) is 5.91 Å². The summed E-state index contributed by atoms with van der Waals surface area (Å²) in [4.78, 5) is 16.8. The molecule has 1 aromatic heterocycles. The van der Waals surface area contributed by atoms with Gasteiger partial charge in [0.2, 0.25) is 5.91 Å². The molecule has 0 atom stereocenters. The summed E-state index contributed by atoms with van der Waals surface area (Å²) in [6, 6.07) is 14.3. The number of rotatable bonds is 8. The van der Waals surface area contributed by atoms with Crippen molar-refractivity contribution in [2.75, 3.05) is 38.7 Å². The van der Waals surface area contributed by atoms with Crippen LogP contribution in [0.1, 0.15) is 17.7 Å². The summed E-state index contributed by atoms with van der Waals surface area (Å²) < 4.78 is 5.06. The predicted octanol–water partition coefficient (Wildman–Crippen LogP) is 2.96. The second-order valence-corrected chi connectivity index (χ2v) is 7.71. The highest BCUT2D eigenvalue weighted by atomic mass is 32.1. The Labute approximate surface area is 159 Å². The van der Waals surface area contributed by atoms with Crippen LogP contribution in [-0.4, -0.2) is 49.7 Å². The van der Waals surface area contributed by atoms with E-state index < -0.39 is 5.54 Å². The second kappa shape index (κ2) is 9.16. The molecule has 0 spiro atoms. The highest BCUT2D eigenvalue weighted by Gasteiger charge is 2.41. The Morgan fingerprint density at radius 3 is 2.62 bits per heavy atom. The smallest absolute Gasteiger partial charge is 0.245 e.